The lowest BCUT2D eigenvalue weighted by atomic mass is 10.1. The van der Waals surface area contributed by atoms with E-state index in [0.29, 0.717) is 41.9 Å². The molecule has 144 valence electrons. The molecule has 1 aliphatic rings. The van der Waals surface area contributed by atoms with E-state index in [4.69, 9.17) is 11.6 Å². The summed E-state index contributed by atoms with van der Waals surface area (Å²) < 4.78 is 1.49. The molecule has 0 bridgehead atoms. The van der Waals surface area contributed by atoms with Gasteiger partial charge in [0.25, 0.3) is 17.6 Å². The molecule has 1 fully saturated rings. The minimum atomic E-state index is -0.182. The van der Waals surface area contributed by atoms with Crippen LogP contribution in [0, 0.1) is 5.92 Å². The first kappa shape index (κ1) is 18.4. The van der Waals surface area contributed by atoms with E-state index in [-0.39, 0.29) is 17.6 Å². The fourth-order valence-corrected chi connectivity index (χ4v) is 3.44. The van der Waals surface area contributed by atoms with Gasteiger partial charge in [-0.05, 0) is 49.1 Å². The highest BCUT2D eigenvalue weighted by molar-refractivity contribution is 6.30. The summed E-state index contributed by atoms with van der Waals surface area (Å²) in [6.07, 6.45) is 5.03. The van der Waals surface area contributed by atoms with Crippen LogP contribution in [-0.4, -0.2) is 55.9 Å². The molecule has 28 heavy (non-hydrogen) atoms. The number of nitrogens with one attached hydrogen (secondary N) is 1. The summed E-state index contributed by atoms with van der Waals surface area (Å²) in [6, 6.07) is 8.52. The molecular formula is C19H19ClN6O2. The lowest BCUT2D eigenvalue weighted by Crippen LogP contribution is -2.30. The number of nitrogens with zero attached hydrogens (tertiary/aromatic N) is 5. The molecular weight excluding hydrogens is 380 g/mol. The normalized spacial score (nSPS) is 16.5. The quantitative estimate of drug-likeness (QED) is 0.710. The zero-order valence-electron chi connectivity index (χ0n) is 15.1. The molecule has 0 aliphatic carbocycles. The maximum absolute atomic E-state index is 12.6. The summed E-state index contributed by atoms with van der Waals surface area (Å²) in [5.41, 5.74) is 0.583. The molecule has 9 heteroatoms. The van der Waals surface area contributed by atoms with Gasteiger partial charge in [0.1, 0.15) is 0 Å². The van der Waals surface area contributed by atoms with Crippen LogP contribution in [0.1, 0.15) is 33.8 Å². The predicted octanol–water partition coefficient (Wildman–Crippen LogP) is 2.06. The Morgan fingerprint density at radius 1 is 1.25 bits per heavy atom. The molecule has 1 N–H and O–H groups in total. The second-order valence-electron chi connectivity index (χ2n) is 6.76. The van der Waals surface area contributed by atoms with E-state index in [0.717, 1.165) is 12.8 Å². The van der Waals surface area contributed by atoms with Crippen molar-refractivity contribution >= 4 is 29.2 Å². The topological polar surface area (TPSA) is 92.5 Å². The summed E-state index contributed by atoms with van der Waals surface area (Å²) in [7, 11) is 0. The Labute approximate surface area is 166 Å². The molecule has 0 radical (unpaired) electrons. The molecule has 3 heterocycles. The fraction of sp³-hybridized carbons (Fsp3) is 0.316. The number of rotatable bonds is 5. The van der Waals surface area contributed by atoms with E-state index in [2.05, 4.69) is 20.4 Å². The summed E-state index contributed by atoms with van der Waals surface area (Å²) in [5, 5.41) is 7.71. The van der Waals surface area contributed by atoms with Gasteiger partial charge in [0.05, 0.1) is 0 Å². The minimum Gasteiger partial charge on any atom is -0.352 e. The van der Waals surface area contributed by atoms with Crippen LogP contribution in [0.3, 0.4) is 0 Å². The maximum atomic E-state index is 12.6. The highest BCUT2D eigenvalue weighted by Crippen LogP contribution is 2.20. The predicted molar refractivity (Wildman–Crippen MR) is 103 cm³/mol. The first-order valence-electron chi connectivity index (χ1n) is 9.10. The van der Waals surface area contributed by atoms with Crippen LogP contribution in [0.4, 0.5) is 0 Å². The van der Waals surface area contributed by atoms with Gasteiger partial charge in [0.15, 0.2) is 0 Å². The Morgan fingerprint density at radius 2 is 2.07 bits per heavy atom. The molecule has 1 unspecified atom stereocenters. The summed E-state index contributed by atoms with van der Waals surface area (Å²) >= 11 is 5.84. The Morgan fingerprint density at radius 3 is 2.86 bits per heavy atom. The van der Waals surface area contributed by atoms with Crippen LogP contribution < -0.4 is 5.32 Å². The van der Waals surface area contributed by atoms with Gasteiger partial charge in [-0.1, -0.05) is 11.6 Å². The average molecular weight is 399 g/mol. The third kappa shape index (κ3) is 3.96. The van der Waals surface area contributed by atoms with Gasteiger partial charge in [-0.3, -0.25) is 9.59 Å². The Kier molecular flexibility index (Phi) is 5.21. The van der Waals surface area contributed by atoms with Gasteiger partial charge in [-0.2, -0.15) is 4.98 Å². The zero-order valence-corrected chi connectivity index (χ0v) is 15.8. The molecule has 2 aromatic heterocycles. The molecule has 1 aromatic carbocycles. The van der Waals surface area contributed by atoms with Gasteiger partial charge >= 0.3 is 0 Å². The largest absolute Gasteiger partial charge is 0.352 e. The zero-order chi connectivity index (χ0) is 19.5. The van der Waals surface area contributed by atoms with Gasteiger partial charge in [0.2, 0.25) is 5.82 Å². The molecule has 4 rings (SSSR count). The smallest absolute Gasteiger partial charge is 0.293 e. The van der Waals surface area contributed by atoms with Gasteiger partial charge in [0, 0.05) is 42.6 Å². The monoisotopic (exact) mass is 398 g/mol. The van der Waals surface area contributed by atoms with Crippen molar-refractivity contribution in [1.29, 1.82) is 0 Å². The van der Waals surface area contributed by atoms with Crippen LogP contribution in [0.2, 0.25) is 5.02 Å². The van der Waals surface area contributed by atoms with Crippen molar-refractivity contribution < 1.29 is 9.59 Å². The number of hydrogen-bond donors (Lipinski definition) is 1. The second kappa shape index (κ2) is 7.93. The first-order valence-corrected chi connectivity index (χ1v) is 9.48. The number of fused-ring (bicyclic) bond motifs is 1. The van der Waals surface area contributed by atoms with Gasteiger partial charge < -0.3 is 10.2 Å². The number of carbonyl (C=O) groups is 2. The third-order valence-electron chi connectivity index (χ3n) is 4.83. The van der Waals surface area contributed by atoms with E-state index in [1.165, 1.54) is 4.52 Å². The summed E-state index contributed by atoms with van der Waals surface area (Å²) in [4.78, 5) is 34.8. The lowest BCUT2D eigenvalue weighted by molar-refractivity contribution is 0.0773. The number of carbonyl (C=O) groups excluding carboxylic acids is 2. The minimum absolute atomic E-state index is 0.121. The van der Waals surface area contributed by atoms with Crippen molar-refractivity contribution in [3.05, 3.63) is 59.1 Å². The Hall–Kier alpha value is -3.00. The highest BCUT2D eigenvalue weighted by atomic mass is 35.5. The number of benzene rings is 1. The van der Waals surface area contributed by atoms with Crippen molar-refractivity contribution in [2.45, 2.75) is 12.8 Å². The van der Waals surface area contributed by atoms with Crippen molar-refractivity contribution in [3.8, 4) is 0 Å². The lowest BCUT2D eigenvalue weighted by Gasteiger charge is -2.14. The van der Waals surface area contributed by atoms with E-state index >= 15 is 0 Å². The Balaban J connectivity index is 1.27. The SMILES string of the molecule is O=C(NCCC1CCN(C(=O)c2nc3ncccn3n2)C1)c1ccc(Cl)cc1. The highest BCUT2D eigenvalue weighted by Gasteiger charge is 2.29. The average Bonchev–Trinajstić information content (AvgIpc) is 3.35. The van der Waals surface area contributed by atoms with E-state index in [9.17, 15) is 9.59 Å². The number of likely N-dealkylation sites (tertiary alicyclic amines) is 1. The van der Waals surface area contributed by atoms with Crippen molar-refractivity contribution in [2.75, 3.05) is 19.6 Å². The maximum Gasteiger partial charge on any atom is 0.293 e. The molecule has 0 saturated carbocycles. The third-order valence-corrected chi connectivity index (χ3v) is 5.08. The van der Waals surface area contributed by atoms with E-state index < -0.39 is 0 Å². The fourth-order valence-electron chi connectivity index (χ4n) is 3.31. The van der Waals surface area contributed by atoms with Gasteiger partial charge in [-0.15, -0.1) is 5.10 Å². The van der Waals surface area contributed by atoms with Gasteiger partial charge in [-0.25, -0.2) is 9.50 Å². The van der Waals surface area contributed by atoms with E-state index in [1.54, 1.807) is 47.6 Å². The summed E-state index contributed by atoms with van der Waals surface area (Å²) in [5.74, 6) is 0.605. The van der Waals surface area contributed by atoms with Crippen LogP contribution in [-0.2, 0) is 0 Å². The van der Waals surface area contributed by atoms with Crippen LogP contribution >= 0.6 is 11.6 Å². The number of hydrogen-bond acceptors (Lipinski definition) is 5. The molecule has 1 aliphatic heterocycles. The van der Waals surface area contributed by atoms with E-state index in [1.807, 2.05) is 0 Å². The van der Waals surface area contributed by atoms with Crippen molar-refractivity contribution in [2.24, 2.45) is 5.92 Å². The molecule has 2 amide bonds. The standard InChI is InChI=1S/C19H19ClN6O2/c20-15-4-2-14(3-5-15)17(27)21-9-6-13-7-11-25(12-13)18(28)16-23-19-22-8-1-10-26(19)24-16/h1-5,8,10,13H,6-7,9,11-12H2,(H,21,27). The molecule has 3 aromatic rings. The molecule has 1 atom stereocenters. The van der Waals surface area contributed by atoms with Crippen molar-refractivity contribution in [1.82, 2.24) is 29.8 Å². The van der Waals surface area contributed by atoms with Crippen molar-refractivity contribution in [3.63, 3.8) is 0 Å². The molecule has 1 saturated heterocycles. The molecule has 8 nitrogen and oxygen atoms in total. The second-order valence-corrected chi connectivity index (χ2v) is 7.19. The number of amides is 2. The van der Waals surface area contributed by atoms with Crippen LogP contribution in [0.5, 0.6) is 0 Å². The molecule has 0 spiro atoms. The van der Waals surface area contributed by atoms with Crippen LogP contribution in [0.25, 0.3) is 5.78 Å². The number of halogens is 1. The number of aromatic nitrogens is 4. The summed E-state index contributed by atoms with van der Waals surface area (Å²) in [6.45, 7) is 1.86. The Bertz CT molecular complexity index is 970. The first-order chi connectivity index (χ1) is 13.6. The van der Waals surface area contributed by atoms with Crippen LogP contribution in [0.15, 0.2) is 42.7 Å².